The van der Waals surface area contributed by atoms with Crippen LogP contribution < -0.4 is 5.32 Å². The average Bonchev–Trinajstić information content (AvgIpc) is 3.12. The standard InChI is InChI=1S/C19H25N3O/c1-22-17(9-10-20-22)14-6-4-7-15(11-14)21-19-16-8-3-2-5-13(16)12-18(19)23/h2-3,5,8-10,14-15,18-19,21,23H,4,6-7,11-12H2,1H3. The highest BCUT2D eigenvalue weighted by Gasteiger charge is 2.34. The zero-order valence-corrected chi connectivity index (χ0v) is 13.7. The molecule has 0 aliphatic heterocycles. The Kier molecular flexibility index (Phi) is 3.95. The van der Waals surface area contributed by atoms with Crippen molar-refractivity contribution in [2.24, 2.45) is 7.05 Å². The SMILES string of the molecule is Cn1nccc1C1CCCC(NC2c3ccccc3CC2O)C1. The Balaban J connectivity index is 1.48. The number of fused-ring (bicyclic) bond motifs is 1. The number of aliphatic hydroxyl groups is 1. The van der Waals surface area contributed by atoms with Gasteiger partial charge in [0.05, 0.1) is 12.1 Å². The van der Waals surface area contributed by atoms with Gasteiger partial charge in [-0.25, -0.2) is 0 Å². The number of nitrogens with one attached hydrogen (secondary N) is 1. The summed E-state index contributed by atoms with van der Waals surface area (Å²) < 4.78 is 2.01. The minimum Gasteiger partial charge on any atom is -0.391 e. The molecule has 0 amide bonds. The van der Waals surface area contributed by atoms with Gasteiger partial charge in [-0.1, -0.05) is 30.7 Å². The fourth-order valence-corrected chi connectivity index (χ4v) is 4.42. The van der Waals surface area contributed by atoms with Gasteiger partial charge in [0.2, 0.25) is 0 Å². The first kappa shape index (κ1) is 14.9. The van der Waals surface area contributed by atoms with Crippen molar-refractivity contribution in [1.29, 1.82) is 0 Å². The van der Waals surface area contributed by atoms with E-state index in [2.05, 4.69) is 40.7 Å². The molecular weight excluding hydrogens is 286 g/mol. The van der Waals surface area contributed by atoms with Gasteiger partial charge in [0, 0.05) is 37.3 Å². The van der Waals surface area contributed by atoms with Crippen LogP contribution in [0.1, 0.15) is 54.5 Å². The average molecular weight is 311 g/mol. The van der Waals surface area contributed by atoms with Gasteiger partial charge in [-0.15, -0.1) is 0 Å². The molecule has 4 unspecified atom stereocenters. The maximum Gasteiger partial charge on any atom is 0.0775 e. The van der Waals surface area contributed by atoms with E-state index in [1.54, 1.807) is 0 Å². The summed E-state index contributed by atoms with van der Waals surface area (Å²) in [7, 11) is 2.03. The lowest BCUT2D eigenvalue weighted by Crippen LogP contribution is -2.39. The third-order valence-corrected chi connectivity index (χ3v) is 5.57. The molecule has 4 nitrogen and oxygen atoms in total. The predicted molar refractivity (Wildman–Crippen MR) is 90.2 cm³/mol. The highest BCUT2D eigenvalue weighted by atomic mass is 16.3. The molecule has 0 spiro atoms. The topological polar surface area (TPSA) is 50.1 Å². The molecule has 4 atom stereocenters. The minimum atomic E-state index is -0.301. The molecule has 1 heterocycles. The van der Waals surface area contributed by atoms with Gasteiger partial charge >= 0.3 is 0 Å². The van der Waals surface area contributed by atoms with E-state index in [-0.39, 0.29) is 12.1 Å². The van der Waals surface area contributed by atoms with Crippen molar-refractivity contribution in [3.8, 4) is 0 Å². The van der Waals surface area contributed by atoms with E-state index in [0.29, 0.717) is 12.0 Å². The van der Waals surface area contributed by atoms with Gasteiger partial charge in [-0.05, 0) is 36.5 Å². The molecule has 1 aromatic carbocycles. The fourth-order valence-electron chi connectivity index (χ4n) is 4.42. The van der Waals surface area contributed by atoms with Crippen LogP contribution in [0.15, 0.2) is 36.5 Å². The smallest absolute Gasteiger partial charge is 0.0775 e. The lowest BCUT2D eigenvalue weighted by Gasteiger charge is -2.33. The molecule has 2 aliphatic rings. The van der Waals surface area contributed by atoms with Crippen molar-refractivity contribution in [1.82, 2.24) is 15.1 Å². The second-order valence-electron chi connectivity index (χ2n) is 7.05. The molecule has 4 rings (SSSR count). The van der Waals surface area contributed by atoms with Crippen molar-refractivity contribution < 1.29 is 5.11 Å². The van der Waals surface area contributed by atoms with Crippen LogP contribution in [0.4, 0.5) is 0 Å². The van der Waals surface area contributed by atoms with Crippen LogP contribution in [-0.2, 0) is 13.5 Å². The largest absolute Gasteiger partial charge is 0.391 e. The lowest BCUT2D eigenvalue weighted by molar-refractivity contribution is 0.128. The fraction of sp³-hybridized carbons (Fsp3) is 0.526. The molecule has 0 bridgehead atoms. The second kappa shape index (κ2) is 6.10. The molecule has 122 valence electrons. The van der Waals surface area contributed by atoms with Gasteiger partial charge in [0.1, 0.15) is 0 Å². The summed E-state index contributed by atoms with van der Waals surface area (Å²) in [5, 5.41) is 18.5. The zero-order valence-electron chi connectivity index (χ0n) is 13.7. The van der Waals surface area contributed by atoms with Crippen LogP contribution in [0.3, 0.4) is 0 Å². The van der Waals surface area contributed by atoms with E-state index in [1.807, 2.05) is 17.9 Å². The Bertz CT molecular complexity index is 681. The second-order valence-corrected chi connectivity index (χ2v) is 7.05. The Morgan fingerprint density at radius 3 is 2.91 bits per heavy atom. The van der Waals surface area contributed by atoms with Crippen molar-refractivity contribution in [3.63, 3.8) is 0 Å². The molecule has 1 saturated carbocycles. The highest BCUT2D eigenvalue weighted by molar-refractivity contribution is 5.36. The van der Waals surface area contributed by atoms with Crippen molar-refractivity contribution in [2.45, 2.75) is 56.2 Å². The van der Waals surface area contributed by atoms with Crippen LogP contribution in [0.2, 0.25) is 0 Å². The summed E-state index contributed by atoms with van der Waals surface area (Å²) in [5.74, 6) is 0.572. The molecule has 2 aliphatic carbocycles. The van der Waals surface area contributed by atoms with Gasteiger partial charge < -0.3 is 10.4 Å². The molecule has 23 heavy (non-hydrogen) atoms. The van der Waals surface area contributed by atoms with Crippen molar-refractivity contribution >= 4 is 0 Å². The first-order valence-corrected chi connectivity index (χ1v) is 8.72. The van der Waals surface area contributed by atoms with Gasteiger partial charge in [0.15, 0.2) is 0 Å². The quantitative estimate of drug-likeness (QED) is 0.916. The monoisotopic (exact) mass is 311 g/mol. The highest BCUT2D eigenvalue weighted by Crippen LogP contribution is 2.36. The first-order valence-electron chi connectivity index (χ1n) is 8.72. The Hall–Kier alpha value is -1.65. The lowest BCUT2D eigenvalue weighted by atomic mass is 9.83. The van der Waals surface area contributed by atoms with E-state index >= 15 is 0 Å². The van der Waals surface area contributed by atoms with Gasteiger partial charge in [-0.3, -0.25) is 4.68 Å². The number of benzene rings is 1. The van der Waals surface area contributed by atoms with Crippen molar-refractivity contribution in [2.75, 3.05) is 0 Å². The number of aromatic nitrogens is 2. The summed E-state index contributed by atoms with van der Waals surface area (Å²) in [6.07, 6.45) is 7.16. The number of aryl methyl sites for hydroxylation is 1. The molecule has 2 aromatic rings. The third kappa shape index (κ3) is 2.81. The Morgan fingerprint density at radius 2 is 2.09 bits per heavy atom. The Labute approximate surface area is 137 Å². The molecule has 0 radical (unpaired) electrons. The number of hydrogen-bond acceptors (Lipinski definition) is 3. The molecule has 1 aromatic heterocycles. The van der Waals surface area contributed by atoms with Gasteiger partial charge in [0.25, 0.3) is 0 Å². The van der Waals surface area contributed by atoms with Crippen LogP contribution in [0.5, 0.6) is 0 Å². The van der Waals surface area contributed by atoms with E-state index in [9.17, 15) is 5.11 Å². The number of nitrogens with zero attached hydrogens (tertiary/aromatic N) is 2. The van der Waals surface area contributed by atoms with Crippen LogP contribution in [0.25, 0.3) is 0 Å². The normalized spacial score (nSPS) is 30.3. The molecule has 0 saturated heterocycles. The van der Waals surface area contributed by atoms with Gasteiger partial charge in [-0.2, -0.15) is 5.10 Å². The summed E-state index contributed by atoms with van der Waals surface area (Å²) in [6.45, 7) is 0. The Morgan fingerprint density at radius 1 is 1.22 bits per heavy atom. The maximum atomic E-state index is 10.5. The predicted octanol–water partition coefficient (Wildman–Crippen LogP) is 2.69. The molecule has 4 heteroatoms. The summed E-state index contributed by atoms with van der Waals surface area (Å²) in [6, 6.07) is 11.1. The summed E-state index contributed by atoms with van der Waals surface area (Å²) >= 11 is 0. The van der Waals surface area contributed by atoms with E-state index < -0.39 is 0 Å². The molecular formula is C19H25N3O. The number of hydrogen-bond donors (Lipinski definition) is 2. The minimum absolute atomic E-state index is 0.0847. The third-order valence-electron chi connectivity index (χ3n) is 5.57. The molecule has 2 N–H and O–H groups in total. The van der Waals surface area contributed by atoms with Crippen LogP contribution in [-0.4, -0.2) is 27.0 Å². The van der Waals surface area contributed by atoms with E-state index in [1.165, 1.54) is 36.1 Å². The molecule has 1 fully saturated rings. The number of aliphatic hydroxyl groups excluding tert-OH is 1. The van der Waals surface area contributed by atoms with E-state index in [4.69, 9.17) is 0 Å². The summed E-state index contributed by atoms with van der Waals surface area (Å²) in [5.41, 5.74) is 3.91. The van der Waals surface area contributed by atoms with Crippen LogP contribution in [0, 0.1) is 0 Å². The van der Waals surface area contributed by atoms with Crippen LogP contribution >= 0.6 is 0 Å². The zero-order chi connectivity index (χ0) is 15.8. The van der Waals surface area contributed by atoms with Crippen molar-refractivity contribution in [3.05, 3.63) is 53.3 Å². The van der Waals surface area contributed by atoms with E-state index in [0.717, 1.165) is 12.8 Å². The maximum absolute atomic E-state index is 10.5. The number of rotatable bonds is 3. The first-order chi connectivity index (χ1) is 11.2. The summed E-state index contributed by atoms with van der Waals surface area (Å²) in [4.78, 5) is 0.